The Morgan fingerprint density at radius 1 is 1.50 bits per heavy atom. The van der Waals surface area contributed by atoms with E-state index in [0.29, 0.717) is 0 Å². The van der Waals surface area contributed by atoms with E-state index in [1.165, 1.54) is 0 Å². The van der Waals surface area contributed by atoms with Gasteiger partial charge in [0.15, 0.2) is 0 Å². The second-order valence-electron chi connectivity index (χ2n) is 4.13. The summed E-state index contributed by atoms with van der Waals surface area (Å²) in [6.07, 6.45) is 3.13. The number of carbonyl (C=O) groups is 1. The van der Waals surface area contributed by atoms with Crippen molar-refractivity contribution < 1.29 is 4.79 Å². The molecule has 0 radical (unpaired) electrons. The molecule has 0 bridgehead atoms. The molecule has 1 aliphatic rings. The largest absolute Gasteiger partial charge is 0.346 e. The SMILES string of the molecule is O=C(CCl)NC1(c2cccc(Br)c2)CCC1. The van der Waals surface area contributed by atoms with Crippen LogP contribution >= 0.6 is 27.5 Å². The molecule has 1 aromatic carbocycles. The Hall–Kier alpha value is -0.540. The van der Waals surface area contributed by atoms with Crippen LogP contribution in [0.25, 0.3) is 0 Å². The fourth-order valence-electron chi connectivity index (χ4n) is 2.10. The van der Waals surface area contributed by atoms with Gasteiger partial charge in [0.2, 0.25) is 5.91 Å². The summed E-state index contributed by atoms with van der Waals surface area (Å²) < 4.78 is 1.04. The van der Waals surface area contributed by atoms with Crippen LogP contribution in [-0.2, 0) is 10.3 Å². The predicted molar refractivity (Wildman–Crippen MR) is 68.5 cm³/mol. The van der Waals surface area contributed by atoms with Crippen LogP contribution in [-0.4, -0.2) is 11.8 Å². The first-order valence-corrected chi connectivity index (χ1v) is 6.62. The van der Waals surface area contributed by atoms with Crippen molar-refractivity contribution in [2.45, 2.75) is 24.8 Å². The van der Waals surface area contributed by atoms with Crippen LogP contribution in [0.1, 0.15) is 24.8 Å². The van der Waals surface area contributed by atoms with Crippen LogP contribution in [0.3, 0.4) is 0 Å². The summed E-state index contributed by atoms with van der Waals surface area (Å²) in [5.41, 5.74) is 0.974. The van der Waals surface area contributed by atoms with Gasteiger partial charge in [0, 0.05) is 4.47 Å². The summed E-state index contributed by atoms with van der Waals surface area (Å²) >= 11 is 8.99. The van der Waals surface area contributed by atoms with Crippen LogP contribution < -0.4 is 5.32 Å². The van der Waals surface area contributed by atoms with E-state index in [9.17, 15) is 4.79 Å². The molecule has 86 valence electrons. The number of alkyl halides is 1. The van der Waals surface area contributed by atoms with Gasteiger partial charge in [-0.15, -0.1) is 11.6 Å². The summed E-state index contributed by atoms with van der Waals surface area (Å²) in [7, 11) is 0. The van der Waals surface area contributed by atoms with Gasteiger partial charge in [-0.05, 0) is 37.0 Å². The Labute approximate surface area is 108 Å². The molecule has 0 heterocycles. The molecule has 1 aliphatic carbocycles. The number of benzene rings is 1. The van der Waals surface area contributed by atoms with Gasteiger partial charge in [-0.1, -0.05) is 28.1 Å². The lowest BCUT2D eigenvalue weighted by Gasteiger charge is -2.43. The number of halogens is 2. The van der Waals surface area contributed by atoms with Crippen molar-refractivity contribution in [1.82, 2.24) is 5.32 Å². The molecule has 0 unspecified atom stereocenters. The molecule has 1 N–H and O–H groups in total. The van der Waals surface area contributed by atoms with Gasteiger partial charge in [0.25, 0.3) is 0 Å². The molecule has 1 saturated carbocycles. The molecular weight excluding hydrogens is 289 g/mol. The fourth-order valence-corrected chi connectivity index (χ4v) is 2.57. The fraction of sp³-hybridized carbons (Fsp3) is 0.417. The van der Waals surface area contributed by atoms with E-state index in [1.54, 1.807) is 0 Å². The second kappa shape index (κ2) is 4.76. The van der Waals surface area contributed by atoms with Gasteiger partial charge in [-0.25, -0.2) is 0 Å². The highest BCUT2D eigenvalue weighted by molar-refractivity contribution is 9.10. The molecule has 4 heteroatoms. The first-order valence-electron chi connectivity index (χ1n) is 5.29. The van der Waals surface area contributed by atoms with Crippen LogP contribution in [0.15, 0.2) is 28.7 Å². The highest BCUT2D eigenvalue weighted by Crippen LogP contribution is 2.41. The van der Waals surface area contributed by atoms with Crippen molar-refractivity contribution >= 4 is 33.4 Å². The summed E-state index contributed by atoms with van der Waals surface area (Å²) in [6.45, 7) is 0. The zero-order valence-corrected chi connectivity index (χ0v) is 11.1. The van der Waals surface area contributed by atoms with Crippen LogP contribution in [0.4, 0.5) is 0 Å². The summed E-state index contributed by atoms with van der Waals surface area (Å²) in [5.74, 6) is -0.0724. The standard InChI is InChI=1S/C12H13BrClNO/c13-10-4-1-3-9(7-10)12(5-2-6-12)15-11(16)8-14/h1,3-4,7H,2,5-6,8H2,(H,15,16). The van der Waals surface area contributed by atoms with Gasteiger partial charge in [-0.2, -0.15) is 0 Å². The molecule has 1 aromatic rings. The van der Waals surface area contributed by atoms with Crippen LogP contribution in [0.2, 0.25) is 0 Å². The molecule has 0 spiro atoms. The molecule has 0 saturated heterocycles. The summed E-state index contributed by atoms with van der Waals surface area (Å²) in [5, 5.41) is 3.03. The number of carbonyl (C=O) groups excluding carboxylic acids is 1. The Balaban J connectivity index is 2.24. The number of amides is 1. The van der Waals surface area contributed by atoms with Crippen molar-refractivity contribution in [1.29, 1.82) is 0 Å². The Bertz CT molecular complexity index is 404. The summed E-state index contributed by atoms with van der Waals surface area (Å²) in [6, 6.07) is 8.09. The molecule has 0 aliphatic heterocycles. The van der Waals surface area contributed by atoms with Gasteiger partial charge < -0.3 is 5.32 Å². The Morgan fingerprint density at radius 3 is 2.75 bits per heavy atom. The van der Waals surface area contributed by atoms with Crippen LogP contribution in [0, 0.1) is 0 Å². The lowest BCUT2D eigenvalue weighted by Crippen LogP contribution is -2.51. The minimum atomic E-state index is -0.185. The third-order valence-corrected chi connectivity index (χ3v) is 3.82. The molecule has 16 heavy (non-hydrogen) atoms. The maximum Gasteiger partial charge on any atom is 0.235 e. The number of hydrogen-bond acceptors (Lipinski definition) is 1. The normalized spacial score (nSPS) is 17.6. The maximum atomic E-state index is 11.4. The quantitative estimate of drug-likeness (QED) is 0.854. The number of nitrogens with one attached hydrogen (secondary N) is 1. The lowest BCUT2D eigenvalue weighted by molar-refractivity contribution is -0.121. The average molecular weight is 303 g/mol. The monoisotopic (exact) mass is 301 g/mol. The van der Waals surface area contributed by atoms with E-state index in [4.69, 9.17) is 11.6 Å². The van der Waals surface area contributed by atoms with Crippen LogP contribution in [0.5, 0.6) is 0 Å². The Morgan fingerprint density at radius 2 is 2.25 bits per heavy atom. The van der Waals surface area contributed by atoms with Crippen molar-refractivity contribution in [2.24, 2.45) is 0 Å². The van der Waals surface area contributed by atoms with E-state index in [1.807, 2.05) is 12.1 Å². The molecule has 0 atom stereocenters. The van der Waals surface area contributed by atoms with Gasteiger partial charge >= 0.3 is 0 Å². The maximum absolute atomic E-state index is 11.4. The minimum Gasteiger partial charge on any atom is -0.346 e. The average Bonchev–Trinajstić information content (AvgIpc) is 2.23. The first kappa shape index (κ1) is 11.9. The van der Waals surface area contributed by atoms with E-state index < -0.39 is 0 Å². The number of rotatable bonds is 3. The Kier molecular flexibility index (Phi) is 3.55. The smallest absolute Gasteiger partial charge is 0.235 e. The van der Waals surface area contributed by atoms with E-state index in [2.05, 4.69) is 33.4 Å². The topological polar surface area (TPSA) is 29.1 Å². The summed E-state index contributed by atoms with van der Waals surface area (Å²) in [4.78, 5) is 11.4. The van der Waals surface area contributed by atoms with E-state index in [-0.39, 0.29) is 17.3 Å². The molecule has 0 aromatic heterocycles. The van der Waals surface area contributed by atoms with Gasteiger partial charge in [0.05, 0.1) is 5.54 Å². The zero-order chi connectivity index (χ0) is 11.6. The third kappa shape index (κ3) is 2.25. The molecule has 1 amide bonds. The molecule has 2 rings (SSSR count). The minimum absolute atomic E-state index is 0.0236. The zero-order valence-electron chi connectivity index (χ0n) is 8.80. The van der Waals surface area contributed by atoms with Gasteiger partial charge in [0.1, 0.15) is 5.88 Å². The highest BCUT2D eigenvalue weighted by Gasteiger charge is 2.39. The highest BCUT2D eigenvalue weighted by atomic mass is 79.9. The lowest BCUT2D eigenvalue weighted by atomic mass is 9.72. The first-order chi connectivity index (χ1) is 7.66. The van der Waals surface area contributed by atoms with Crippen molar-refractivity contribution in [3.05, 3.63) is 34.3 Å². The predicted octanol–water partition coefficient (Wildman–Crippen LogP) is 3.18. The third-order valence-electron chi connectivity index (χ3n) is 3.08. The second-order valence-corrected chi connectivity index (χ2v) is 5.31. The van der Waals surface area contributed by atoms with E-state index in [0.717, 1.165) is 29.3 Å². The van der Waals surface area contributed by atoms with Gasteiger partial charge in [-0.3, -0.25) is 4.79 Å². The molecule has 1 fully saturated rings. The van der Waals surface area contributed by atoms with E-state index >= 15 is 0 Å². The molecule has 2 nitrogen and oxygen atoms in total. The number of hydrogen-bond donors (Lipinski definition) is 1. The van der Waals surface area contributed by atoms with Crippen molar-refractivity contribution in [2.75, 3.05) is 5.88 Å². The van der Waals surface area contributed by atoms with Crippen molar-refractivity contribution in [3.8, 4) is 0 Å². The molecular formula is C12H13BrClNO. The van der Waals surface area contributed by atoms with Crippen molar-refractivity contribution in [3.63, 3.8) is 0 Å².